The van der Waals surface area contributed by atoms with E-state index in [4.69, 9.17) is 11.6 Å². The van der Waals surface area contributed by atoms with Crippen LogP contribution in [0.2, 0.25) is 5.02 Å². The predicted molar refractivity (Wildman–Crippen MR) is 87.4 cm³/mol. The Morgan fingerprint density at radius 1 is 1.33 bits per heavy atom. The summed E-state index contributed by atoms with van der Waals surface area (Å²) in [6.07, 6.45) is 2.09. The van der Waals surface area contributed by atoms with Gasteiger partial charge in [-0.2, -0.15) is 0 Å². The molecule has 1 aliphatic heterocycles. The molecule has 2 rings (SSSR count). The van der Waals surface area contributed by atoms with Crippen molar-refractivity contribution in [2.75, 3.05) is 26.2 Å². The molecule has 1 aromatic rings. The molecule has 1 aromatic carbocycles. The summed E-state index contributed by atoms with van der Waals surface area (Å²) in [6.45, 7) is 8.43. The number of piperidine rings is 1. The van der Waals surface area contributed by atoms with Crippen molar-refractivity contribution < 1.29 is 4.79 Å². The van der Waals surface area contributed by atoms with Crippen molar-refractivity contribution >= 4 is 17.5 Å². The number of hydrogen-bond acceptors (Lipinski definition) is 2. The molecule has 4 heteroatoms. The lowest BCUT2D eigenvalue weighted by molar-refractivity contribution is -0.137. The van der Waals surface area contributed by atoms with Crippen LogP contribution in [0.25, 0.3) is 0 Å². The first kappa shape index (κ1) is 16.3. The Morgan fingerprint density at radius 3 is 2.71 bits per heavy atom. The average Bonchev–Trinajstić information content (AvgIpc) is 2.51. The Labute approximate surface area is 132 Å². The first-order valence-corrected chi connectivity index (χ1v) is 8.28. The van der Waals surface area contributed by atoms with Crippen LogP contribution in [-0.4, -0.2) is 41.9 Å². The van der Waals surface area contributed by atoms with Crippen molar-refractivity contribution in [3.63, 3.8) is 0 Å². The summed E-state index contributed by atoms with van der Waals surface area (Å²) in [5.41, 5.74) is 1.15. The van der Waals surface area contributed by atoms with Gasteiger partial charge in [-0.05, 0) is 44.9 Å². The van der Waals surface area contributed by atoms with Gasteiger partial charge in [0.1, 0.15) is 0 Å². The fraction of sp³-hybridized carbons (Fsp3) is 0.588. The summed E-state index contributed by atoms with van der Waals surface area (Å²) in [5, 5.41) is 0.815. The lowest BCUT2D eigenvalue weighted by Crippen LogP contribution is -2.44. The summed E-state index contributed by atoms with van der Waals surface area (Å²) >= 11 is 6.24. The molecular weight excluding hydrogens is 284 g/mol. The molecule has 0 aliphatic carbocycles. The number of likely N-dealkylation sites (tertiary alicyclic amines) is 1. The molecule has 0 spiro atoms. The molecule has 116 valence electrons. The smallest absolute Gasteiger partial charge is 0.226 e. The SMILES string of the molecule is CCN(CC)C(=O)[C@@H]1CCCN(Cc2ccccc2Cl)C1. The van der Waals surface area contributed by atoms with Gasteiger partial charge in [0.25, 0.3) is 0 Å². The van der Waals surface area contributed by atoms with Crippen molar-refractivity contribution in [3.8, 4) is 0 Å². The third kappa shape index (κ3) is 4.21. The van der Waals surface area contributed by atoms with Crippen LogP contribution in [0.4, 0.5) is 0 Å². The normalized spacial score (nSPS) is 19.5. The maximum Gasteiger partial charge on any atom is 0.226 e. The number of carbonyl (C=O) groups excluding carboxylic acids is 1. The third-order valence-corrected chi connectivity index (χ3v) is 4.65. The molecule has 1 atom stereocenters. The van der Waals surface area contributed by atoms with Gasteiger partial charge >= 0.3 is 0 Å². The van der Waals surface area contributed by atoms with Crippen molar-refractivity contribution in [1.82, 2.24) is 9.80 Å². The van der Waals surface area contributed by atoms with Gasteiger partial charge in [0, 0.05) is 31.2 Å². The van der Waals surface area contributed by atoms with Crippen LogP contribution in [0.3, 0.4) is 0 Å². The molecular formula is C17H25ClN2O. The number of nitrogens with zero attached hydrogens (tertiary/aromatic N) is 2. The summed E-state index contributed by atoms with van der Waals surface area (Å²) in [6, 6.07) is 7.97. The van der Waals surface area contributed by atoms with Crippen molar-refractivity contribution in [1.29, 1.82) is 0 Å². The summed E-state index contributed by atoms with van der Waals surface area (Å²) < 4.78 is 0. The highest BCUT2D eigenvalue weighted by Crippen LogP contribution is 2.23. The number of rotatable bonds is 5. The fourth-order valence-electron chi connectivity index (χ4n) is 3.06. The summed E-state index contributed by atoms with van der Waals surface area (Å²) in [4.78, 5) is 16.8. The minimum Gasteiger partial charge on any atom is -0.343 e. The summed E-state index contributed by atoms with van der Waals surface area (Å²) in [5.74, 6) is 0.449. The average molecular weight is 309 g/mol. The second-order valence-corrected chi connectivity index (χ2v) is 6.08. The van der Waals surface area contributed by atoms with E-state index in [0.717, 1.165) is 56.2 Å². The van der Waals surface area contributed by atoms with Crippen LogP contribution in [0.5, 0.6) is 0 Å². The highest BCUT2D eigenvalue weighted by Gasteiger charge is 2.28. The van der Waals surface area contributed by atoms with Crippen LogP contribution >= 0.6 is 11.6 Å². The molecule has 0 unspecified atom stereocenters. The number of benzene rings is 1. The molecule has 1 saturated heterocycles. The van der Waals surface area contributed by atoms with Gasteiger partial charge in [-0.1, -0.05) is 29.8 Å². The molecule has 1 amide bonds. The number of carbonyl (C=O) groups is 1. The third-order valence-electron chi connectivity index (χ3n) is 4.28. The van der Waals surface area contributed by atoms with Gasteiger partial charge in [0.2, 0.25) is 5.91 Å². The number of halogens is 1. The van der Waals surface area contributed by atoms with Gasteiger partial charge < -0.3 is 4.90 Å². The van der Waals surface area contributed by atoms with Crippen molar-refractivity contribution in [2.45, 2.75) is 33.2 Å². The largest absolute Gasteiger partial charge is 0.343 e. The molecule has 0 N–H and O–H groups in total. The van der Waals surface area contributed by atoms with E-state index in [0.29, 0.717) is 5.91 Å². The van der Waals surface area contributed by atoms with E-state index in [1.54, 1.807) is 0 Å². The van der Waals surface area contributed by atoms with Gasteiger partial charge in [-0.15, -0.1) is 0 Å². The van der Waals surface area contributed by atoms with Gasteiger partial charge in [-0.25, -0.2) is 0 Å². The Bertz CT molecular complexity index is 474. The molecule has 21 heavy (non-hydrogen) atoms. The zero-order valence-electron chi connectivity index (χ0n) is 13.0. The monoisotopic (exact) mass is 308 g/mol. The van der Waals surface area contributed by atoms with Crippen molar-refractivity contribution in [3.05, 3.63) is 34.9 Å². The minimum absolute atomic E-state index is 0.140. The Hall–Kier alpha value is -1.06. The van der Waals surface area contributed by atoms with E-state index in [1.807, 2.05) is 36.9 Å². The van der Waals surface area contributed by atoms with E-state index in [-0.39, 0.29) is 5.92 Å². The Balaban J connectivity index is 1.98. The Kier molecular flexibility index (Phi) is 6.07. The summed E-state index contributed by atoms with van der Waals surface area (Å²) in [7, 11) is 0. The van der Waals surface area contributed by atoms with E-state index >= 15 is 0 Å². The number of amides is 1. The molecule has 1 fully saturated rings. The standard InChI is InChI=1S/C17H25ClN2O/c1-3-20(4-2)17(21)15-9-7-11-19(13-15)12-14-8-5-6-10-16(14)18/h5-6,8,10,15H,3-4,7,9,11-13H2,1-2H3/t15-/m1/s1. The molecule has 1 aliphatic rings. The van der Waals surface area contributed by atoms with E-state index in [1.165, 1.54) is 0 Å². The second-order valence-electron chi connectivity index (χ2n) is 5.68. The van der Waals surface area contributed by atoms with E-state index in [2.05, 4.69) is 11.0 Å². The van der Waals surface area contributed by atoms with E-state index < -0.39 is 0 Å². The van der Waals surface area contributed by atoms with Crippen LogP contribution in [0.1, 0.15) is 32.3 Å². The highest BCUT2D eigenvalue weighted by molar-refractivity contribution is 6.31. The number of hydrogen-bond donors (Lipinski definition) is 0. The zero-order valence-corrected chi connectivity index (χ0v) is 13.8. The molecule has 0 aromatic heterocycles. The van der Waals surface area contributed by atoms with Gasteiger partial charge in [0.05, 0.1) is 5.92 Å². The van der Waals surface area contributed by atoms with Crippen molar-refractivity contribution in [2.24, 2.45) is 5.92 Å². The minimum atomic E-state index is 0.140. The van der Waals surface area contributed by atoms with E-state index in [9.17, 15) is 4.79 Å². The molecule has 0 bridgehead atoms. The highest BCUT2D eigenvalue weighted by atomic mass is 35.5. The van der Waals surface area contributed by atoms with Crippen LogP contribution < -0.4 is 0 Å². The fourth-order valence-corrected chi connectivity index (χ4v) is 3.26. The molecule has 0 saturated carbocycles. The lowest BCUT2D eigenvalue weighted by Gasteiger charge is -2.34. The molecule has 3 nitrogen and oxygen atoms in total. The Morgan fingerprint density at radius 2 is 2.05 bits per heavy atom. The van der Waals surface area contributed by atoms with Crippen LogP contribution in [0, 0.1) is 5.92 Å². The first-order chi connectivity index (χ1) is 10.2. The first-order valence-electron chi connectivity index (χ1n) is 7.90. The van der Waals surface area contributed by atoms with Gasteiger partial charge in [-0.3, -0.25) is 9.69 Å². The zero-order chi connectivity index (χ0) is 15.2. The maximum absolute atomic E-state index is 12.5. The molecule has 1 heterocycles. The lowest BCUT2D eigenvalue weighted by atomic mass is 9.96. The topological polar surface area (TPSA) is 23.6 Å². The molecule has 0 radical (unpaired) electrons. The quantitative estimate of drug-likeness (QED) is 0.832. The van der Waals surface area contributed by atoms with Crippen LogP contribution in [-0.2, 0) is 11.3 Å². The predicted octanol–water partition coefficient (Wildman–Crippen LogP) is 3.42. The second kappa shape index (κ2) is 7.81. The van der Waals surface area contributed by atoms with Crippen LogP contribution in [0.15, 0.2) is 24.3 Å². The van der Waals surface area contributed by atoms with Gasteiger partial charge in [0.15, 0.2) is 0 Å². The maximum atomic E-state index is 12.5.